The lowest BCUT2D eigenvalue weighted by molar-refractivity contribution is -0.118. The number of carbonyl (C=O) groups excluding carboxylic acids is 1. The van der Waals surface area contributed by atoms with Gasteiger partial charge in [-0.15, -0.1) is 0 Å². The highest BCUT2D eigenvalue weighted by Gasteiger charge is 2.14. The Morgan fingerprint density at radius 3 is 2.32 bits per heavy atom. The summed E-state index contributed by atoms with van der Waals surface area (Å²) in [6.07, 6.45) is 0.769. The minimum atomic E-state index is -2.43. The van der Waals surface area contributed by atoms with Gasteiger partial charge in [0.2, 0.25) is 0 Å². The van der Waals surface area contributed by atoms with Crippen molar-refractivity contribution in [3.05, 3.63) is 53.2 Å². The second-order valence-corrected chi connectivity index (χ2v) is 9.33. The second kappa shape index (κ2) is 8.14. The van der Waals surface area contributed by atoms with E-state index in [9.17, 15) is 9.36 Å². The van der Waals surface area contributed by atoms with Gasteiger partial charge in [-0.25, -0.2) is 4.98 Å². The Labute approximate surface area is 149 Å². The van der Waals surface area contributed by atoms with E-state index in [-0.39, 0.29) is 12.4 Å². The summed E-state index contributed by atoms with van der Waals surface area (Å²) in [6.45, 7) is 6.99. The summed E-state index contributed by atoms with van der Waals surface area (Å²) in [5.74, 6) is 6.82. The van der Waals surface area contributed by atoms with Crippen molar-refractivity contribution in [1.29, 1.82) is 0 Å². The molecule has 0 bridgehead atoms. The monoisotopic (exact) mass is 355 g/mol. The highest BCUT2D eigenvalue weighted by atomic mass is 31.2. The number of carbonyl (C=O) groups is 1. The number of hydrogen-bond acceptors (Lipinski definition) is 4. The maximum absolute atomic E-state index is 12.3. The van der Waals surface area contributed by atoms with Gasteiger partial charge < -0.3 is 9.30 Å². The number of benzene rings is 1. The van der Waals surface area contributed by atoms with Gasteiger partial charge in [-0.3, -0.25) is 4.79 Å². The zero-order valence-electron chi connectivity index (χ0n) is 15.0. The number of nitrogens with zero attached hydrogens (tertiary/aromatic N) is 1. The molecule has 5 heteroatoms. The molecule has 4 nitrogen and oxygen atoms in total. The zero-order valence-corrected chi connectivity index (χ0v) is 15.9. The normalized spacial score (nSPS) is 10.7. The number of hydrogen-bond donors (Lipinski definition) is 0. The van der Waals surface area contributed by atoms with Gasteiger partial charge in [0.25, 0.3) is 0 Å². The van der Waals surface area contributed by atoms with E-state index in [2.05, 4.69) is 16.8 Å². The van der Waals surface area contributed by atoms with Crippen molar-refractivity contribution in [2.75, 3.05) is 19.9 Å². The lowest BCUT2D eigenvalue weighted by Crippen LogP contribution is -2.11. The summed E-state index contributed by atoms with van der Waals surface area (Å²) in [5.41, 5.74) is 3.15. The SMILES string of the molecule is CCc1cc(C#Cc2ccc(OCC(C)=O)cc2)cc(P(C)(C)=O)n1. The molecular formula is C20H22NO3P. The van der Waals surface area contributed by atoms with Crippen LogP contribution in [0.3, 0.4) is 0 Å². The molecule has 0 radical (unpaired) electrons. The number of aromatic nitrogens is 1. The van der Waals surface area contributed by atoms with Gasteiger partial charge in [0.05, 0.1) is 0 Å². The van der Waals surface area contributed by atoms with E-state index in [1.165, 1.54) is 6.92 Å². The maximum atomic E-state index is 12.3. The predicted molar refractivity (Wildman–Crippen MR) is 101 cm³/mol. The average molecular weight is 355 g/mol. The molecule has 0 N–H and O–H groups in total. The van der Waals surface area contributed by atoms with Gasteiger partial charge in [0.15, 0.2) is 5.78 Å². The molecule has 0 atom stereocenters. The third-order valence-corrected chi connectivity index (χ3v) is 4.76. The molecule has 0 amide bonds. The number of Topliss-reactive ketones (excluding diaryl/α,β-unsaturated/α-hetero) is 1. The zero-order chi connectivity index (χ0) is 18.4. The lowest BCUT2D eigenvalue weighted by Gasteiger charge is -2.08. The molecule has 0 saturated carbocycles. The maximum Gasteiger partial charge on any atom is 0.167 e. The first kappa shape index (κ1) is 19.0. The first-order chi connectivity index (χ1) is 11.8. The average Bonchev–Trinajstić information content (AvgIpc) is 2.58. The third-order valence-electron chi connectivity index (χ3n) is 3.43. The van der Waals surface area contributed by atoms with Crippen LogP contribution in [0, 0.1) is 11.8 Å². The topological polar surface area (TPSA) is 56.3 Å². The van der Waals surface area contributed by atoms with Gasteiger partial charge in [-0.2, -0.15) is 0 Å². The van der Waals surface area contributed by atoms with E-state index in [4.69, 9.17) is 4.74 Å². The van der Waals surface area contributed by atoms with E-state index in [0.29, 0.717) is 11.2 Å². The third kappa shape index (κ3) is 5.89. The van der Waals surface area contributed by atoms with Gasteiger partial charge >= 0.3 is 0 Å². The molecule has 1 aromatic carbocycles. The van der Waals surface area contributed by atoms with Gasteiger partial charge in [0, 0.05) is 16.8 Å². The van der Waals surface area contributed by atoms with E-state index < -0.39 is 7.14 Å². The Hall–Kier alpha value is -2.37. The Kier molecular flexibility index (Phi) is 6.17. The molecule has 0 fully saturated rings. The molecular weight excluding hydrogens is 333 g/mol. The lowest BCUT2D eigenvalue weighted by atomic mass is 10.1. The van der Waals surface area contributed by atoms with Crippen LogP contribution in [0.2, 0.25) is 0 Å². The summed E-state index contributed by atoms with van der Waals surface area (Å²) >= 11 is 0. The van der Waals surface area contributed by atoms with Crippen molar-refractivity contribution in [3.63, 3.8) is 0 Å². The van der Waals surface area contributed by atoms with Crippen LogP contribution in [0.25, 0.3) is 0 Å². The van der Waals surface area contributed by atoms with E-state index >= 15 is 0 Å². The van der Waals surface area contributed by atoms with Crippen molar-refractivity contribution in [2.45, 2.75) is 20.3 Å². The molecule has 130 valence electrons. The number of rotatable bonds is 5. The molecule has 0 aliphatic rings. The first-order valence-electron chi connectivity index (χ1n) is 8.09. The van der Waals surface area contributed by atoms with Crippen LogP contribution >= 0.6 is 7.14 Å². The predicted octanol–water partition coefficient (Wildman–Crippen LogP) is 3.26. The van der Waals surface area contributed by atoms with E-state index in [1.807, 2.05) is 25.1 Å². The second-order valence-electron chi connectivity index (χ2n) is 6.17. The first-order valence-corrected chi connectivity index (χ1v) is 10.7. The molecule has 0 saturated heterocycles. The molecule has 0 unspecified atom stereocenters. The van der Waals surface area contributed by atoms with Crippen LogP contribution < -0.4 is 10.2 Å². The van der Waals surface area contributed by atoms with Gasteiger partial charge in [0.1, 0.15) is 24.9 Å². The summed E-state index contributed by atoms with van der Waals surface area (Å²) < 4.78 is 17.6. The van der Waals surface area contributed by atoms with Crippen molar-refractivity contribution in [1.82, 2.24) is 4.98 Å². The fourth-order valence-corrected chi connectivity index (χ4v) is 2.88. The molecule has 2 rings (SSSR count). The van der Waals surface area contributed by atoms with Crippen molar-refractivity contribution in [3.8, 4) is 17.6 Å². The van der Waals surface area contributed by atoms with Crippen LogP contribution in [0.4, 0.5) is 0 Å². The number of ether oxygens (including phenoxy) is 1. The molecule has 25 heavy (non-hydrogen) atoms. The van der Waals surface area contributed by atoms with Crippen molar-refractivity contribution < 1.29 is 14.1 Å². The van der Waals surface area contributed by atoms with Crippen LogP contribution in [0.5, 0.6) is 5.75 Å². The Morgan fingerprint density at radius 1 is 1.12 bits per heavy atom. The van der Waals surface area contributed by atoms with Gasteiger partial charge in [-0.05, 0) is 63.1 Å². The quantitative estimate of drug-likeness (QED) is 0.610. The minimum Gasteiger partial charge on any atom is -0.486 e. The Bertz CT molecular complexity index is 870. The molecule has 1 aromatic heterocycles. The van der Waals surface area contributed by atoms with E-state index in [0.717, 1.165) is 23.2 Å². The Morgan fingerprint density at radius 2 is 1.76 bits per heavy atom. The fraction of sp³-hybridized carbons (Fsp3) is 0.300. The fourth-order valence-electron chi connectivity index (χ4n) is 2.06. The summed E-state index contributed by atoms with van der Waals surface area (Å²) in [5, 5.41) is 0. The number of aryl methyl sites for hydroxylation is 1. The van der Waals surface area contributed by atoms with Crippen LogP contribution in [-0.2, 0) is 15.8 Å². The van der Waals surface area contributed by atoms with Crippen molar-refractivity contribution in [2.24, 2.45) is 0 Å². The van der Waals surface area contributed by atoms with Crippen LogP contribution in [0.15, 0.2) is 36.4 Å². The molecule has 1 heterocycles. The van der Waals surface area contributed by atoms with Crippen molar-refractivity contribution >= 4 is 18.4 Å². The molecule has 0 spiro atoms. The van der Waals surface area contributed by atoms with Crippen LogP contribution in [0.1, 0.15) is 30.7 Å². The summed E-state index contributed by atoms with van der Waals surface area (Å²) in [7, 11) is -2.43. The minimum absolute atomic E-state index is 0.0202. The summed E-state index contributed by atoms with van der Waals surface area (Å²) in [4.78, 5) is 15.4. The standard InChI is InChI=1S/C20H22NO3P/c1-5-18-12-17(13-20(21-18)25(3,4)23)7-6-16-8-10-19(11-9-16)24-14-15(2)22/h8-13H,5,14H2,1-4H3. The molecule has 0 aliphatic heterocycles. The number of pyridine rings is 1. The molecule has 0 aliphatic carbocycles. The molecule has 2 aromatic rings. The summed E-state index contributed by atoms with van der Waals surface area (Å²) in [6, 6.07) is 11.0. The highest BCUT2D eigenvalue weighted by molar-refractivity contribution is 7.69. The van der Waals surface area contributed by atoms with Crippen LogP contribution in [-0.4, -0.2) is 30.7 Å². The highest BCUT2D eigenvalue weighted by Crippen LogP contribution is 2.33. The number of ketones is 1. The van der Waals surface area contributed by atoms with Gasteiger partial charge in [-0.1, -0.05) is 18.8 Å². The largest absolute Gasteiger partial charge is 0.486 e. The van der Waals surface area contributed by atoms with E-state index in [1.54, 1.807) is 31.5 Å². The Balaban J connectivity index is 2.23. The smallest absolute Gasteiger partial charge is 0.167 e.